The minimum atomic E-state index is -0.928. The van der Waals surface area contributed by atoms with E-state index in [4.69, 9.17) is 5.11 Å². The molecule has 1 aromatic carbocycles. The van der Waals surface area contributed by atoms with Gasteiger partial charge in [0.15, 0.2) is 0 Å². The van der Waals surface area contributed by atoms with E-state index in [2.05, 4.69) is 22.4 Å². The van der Waals surface area contributed by atoms with Gasteiger partial charge in [-0.1, -0.05) is 30.3 Å². The van der Waals surface area contributed by atoms with Crippen molar-refractivity contribution < 1.29 is 9.90 Å². The number of anilines is 1. The summed E-state index contributed by atoms with van der Waals surface area (Å²) in [4.78, 5) is 15.3. The molecule has 4 nitrogen and oxygen atoms in total. The summed E-state index contributed by atoms with van der Waals surface area (Å²) in [5.41, 5.74) is 2.27. The van der Waals surface area contributed by atoms with Gasteiger partial charge in [-0.15, -0.1) is 0 Å². The fourth-order valence-corrected chi connectivity index (χ4v) is 2.04. The molecule has 1 aromatic heterocycles. The average molecular weight is 270 g/mol. The van der Waals surface area contributed by atoms with Crippen LogP contribution in [0.15, 0.2) is 42.5 Å². The zero-order chi connectivity index (χ0) is 14.4. The molecule has 4 heteroatoms. The van der Waals surface area contributed by atoms with Crippen molar-refractivity contribution in [1.82, 2.24) is 4.98 Å². The van der Waals surface area contributed by atoms with Gasteiger partial charge in [-0.2, -0.15) is 0 Å². The van der Waals surface area contributed by atoms with Crippen molar-refractivity contribution in [1.29, 1.82) is 0 Å². The molecule has 0 aliphatic carbocycles. The topological polar surface area (TPSA) is 62.2 Å². The van der Waals surface area contributed by atoms with Gasteiger partial charge in [-0.05, 0) is 37.5 Å². The summed E-state index contributed by atoms with van der Waals surface area (Å²) in [6.45, 7) is 2.56. The minimum absolute atomic E-state index is 0.267. The second-order valence-corrected chi connectivity index (χ2v) is 4.70. The van der Waals surface area contributed by atoms with Crippen LogP contribution in [0.2, 0.25) is 0 Å². The summed E-state index contributed by atoms with van der Waals surface area (Å²) in [5.74, 6) is -0.307. The van der Waals surface area contributed by atoms with E-state index in [1.165, 1.54) is 5.56 Å². The SMILES string of the molecule is Cc1cc(C(=O)O)cc(NCCCc2ccccc2)n1. The van der Waals surface area contributed by atoms with Crippen molar-refractivity contribution in [2.45, 2.75) is 19.8 Å². The van der Waals surface area contributed by atoms with Crippen LogP contribution in [0.5, 0.6) is 0 Å². The number of nitrogens with one attached hydrogen (secondary N) is 1. The lowest BCUT2D eigenvalue weighted by Gasteiger charge is -2.07. The second-order valence-electron chi connectivity index (χ2n) is 4.70. The highest BCUT2D eigenvalue weighted by atomic mass is 16.4. The second kappa shape index (κ2) is 6.70. The predicted octanol–water partition coefficient (Wildman–Crippen LogP) is 3.13. The van der Waals surface area contributed by atoms with Crippen LogP contribution in [0, 0.1) is 6.92 Å². The number of rotatable bonds is 6. The van der Waals surface area contributed by atoms with Crippen LogP contribution in [-0.4, -0.2) is 22.6 Å². The third-order valence-electron chi connectivity index (χ3n) is 2.99. The van der Waals surface area contributed by atoms with E-state index in [1.807, 2.05) is 18.2 Å². The number of carbonyl (C=O) groups is 1. The van der Waals surface area contributed by atoms with Crippen molar-refractivity contribution in [2.75, 3.05) is 11.9 Å². The fraction of sp³-hybridized carbons (Fsp3) is 0.250. The molecule has 0 aliphatic rings. The smallest absolute Gasteiger partial charge is 0.335 e. The molecule has 20 heavy (non-hydrogen) atoms. The molecule has 0 amide bonds. The largest absolute Gasteiger partial charge is 0.478 e. The molecular formula is C16H18N2O2. The van der Waals surface area contributed by atoms with E-state index in [0.717, 1.165) is 19.4 Å². The summed E-state index contributed by atoms with van der Waals surface area (Å²) in [7, 11) is 0. The van der Waals surface area contributed by atoms with E-state index in [9.17, 15) is 4.79 Å². The first-order chi connectivity index (χ1) is 9.65. The van der Waals surface area contributed by atoms with Gasteiger partial charge in [0.2, 0.25) is 0 Å². The zero-order valence-corrected chi connectivity index (χ0v) is 11.5. The number of aromatic nitrogens is 1. The average Bonchev–Trinajstić information content (AvgIpc) is 2.44. The Balaban J connectivity index is 1.86. The Hall–Kier alpha value is -2.36. The van der Waals surface area contributed by atoms with Gasteiger partial charge >= 0.3 is 5.97 Å². The van der Waals surface area contributed by atoms with Crippen molar-refractivity contribution in [3.05, 3.63) is 59.3 Å². The molecule has 0 saturated carbocycles. The normalized spacial score (nSPS) is 10.2. The first kappa shape index (κ1) is 14.1. The molecule has 0 fully saturated rings. The van der Waals surface area contributed by atoms with Crippen LogP contribution < -0.4 is 5.32 Å². The van der Waals surface area contributed by atoms with Crippen LogP contribution in [-0.2, 0) is 6.42 Å². The van der Waals surface area contributed by atoms with Crippen LogP contribution in [0.25, 0.3) is 0 Å². The van der Waals surface area contributed by atoms with Crippen LogP contribution in [0.1, 0.15) is 28.0 Å². The Morgan fingerprint density at radius 1 is 1.25 bits per heavy atom. The lowest BCUT2D eigenvalue weighted by atomic mass is 10.1. The molecule has 104 valence electrons. The van der Waals surface area contributed by atoms with Crippen molar-refractivity contribution in [3.8, 4) is 0 Å². The summed E-state index contributed by atoms with van der Waals surface area (Å²) in [6, 6.07) is 13.4. The first-order valence-corrected chi connectivity index (χ1v) is 6.65. The minimum Gasteiger partial charge on any atom is -0.478 e. The Morgan fingerprint density at radius 2 is 2.00 bits per heavy atom. The number of nitrogens with zero attached hydrogens (tertiary/aromatic N) is 1. The number of aryl methyl sites for hydroxylation is 2. The number of carboxylic acid groups (broad SMARTS) is 1. The van der Waals surface area contributed by atoms with Gasteiger partial charge in [0.1, 0.15) is 5.82 Å². The highest BCUT2D eigenvalue weighted by Gasteiger charge is 2.06. The standard InChI is InChI=1S/C16H18N2O2/c1-12-10-14(16(19)20)11-15(18-12)17-9-5-8-13-6-3-2-4-7-13/h2-4,6-7,10-11H,5,8-9H2,1H3,(H,17,18)(H,19,20). The van der Waals surface area contributed by atoms with E-state index in [-0.39, 0.29) is 5.56 Å². The number of hydrogen-bond acceptors (Lipinski definition) is 3. The molecule has 0 bridgehead atoms. The van der Waals surface area contributed by atoms with Crippen LogP contribution in [0.4, 0.5) is 5.82 Å². The molecular weight excluding hydrogens is 252 g/mol. The van der Waals surface area contributed by atoms with Crippen molar-refractivity contribution in [3.63, 3.8) is 0 Å². The molecule has 0 saturated heterocycles. The van der Waals surface area contributed by atoms with Crippen molar-refractivity contribution in [2.24, 2.45) is 0 Å². The zero-order valence-electron chi connectivity index (χ0n) is 11.5. The Kier molecular flexibility index (Phi) is 4.71. The monoisotopic (exact) mass is 270 g/mol. The maximum Gasteiger partial charge on any atom is 0.335 e. The maximum atomic E-state index is 11.0. The molecule has 0 atom stereocenters. The van der Waals surface area contributed by atoms with Crippen LogP contribution >= 0.6 is 0 Å². The number of benzene rings is 1. The molecule has 0 radical (unpaired) electrons. The third-order valence-corrected chi connectivity index (χ3v) is 2.99. The van der Waals surface area contributed by atoms with Gasteiger partial charge in [-0.25, -0.2) is 9.78 Å². The molecule has 2 N–H and O–H groups in total. The number of pyridine rings is 1. The lowest BCUT2D eigenvalue weighted by Crippen LogP contribution is -2.07. The molecule has 2 aromatic rings. The van der Waals surface area contributed by atoms with Gasteiger partial charge in [0.25, 0.3) is 0 Å². The molecule has 2 rings (SSSR count). The predicted molar refractivity (Wildman–Crippen MR) is 79.2 cm³/mol. The summed E-state index contributed by atoms with van der Waals surface area (Å²) in [5, 5.41) is 12.2. The maximum absolute atomic E-state index is 11.0. The quantitative estimate of drug-likeness (QED) is 0.792. The van der Waals surface area contributed by atoms with Gasteiger partial charge in [0, 0.05) is 12.2 Å². The number of aromatic carboxylic acids is 1. The molecule has 0 unspecified atom stereocenters. The number of carboxylic acids is 1. The summed E-state index contributed by atoms with van der Waals surface area (Å²) >= 11 is 0. The van der Waals surface area contributed by atoms with E-state index < -0.39 is 5.97 Å². The van der Waals surface area contributed by atoms with Crippen LogP contribution in [0.3, 0.4) is 0 Å². The molecule has 0 spiro atoms. The Morgan fingerprint density at radius 3 is 2.70 bits per heavy atom. The van der Waals surface area contributed by atoms with E-state index in [1.54, 1.807) is 19.1 Å². The number of hydrogen-bond donors (Lipinski definition) is 2. The molecule has 0 aliphatic heterocycles. The fourth-order valence-electron chi connectivity index (χ4n) is 2.04. The first-order valence-electron chi connectivity index (χ1n) is 6.65. The van der Waals surface area contributed by atoms with Gasteiger partial charge < -0.3 is 10.4 Å². The highest BCUT2D eigenvalue weighted by Crippen LogP contribution is 2.10. The third kappa shape index (κ3) is 4.09. The van der Waals surface area contributed by atoms with Gasteiger partial charge in [-0.3, -0.25) is 0 Å². The Labute approximate surface area is 118 Å². The summed E-state index contributed by atoms with van der Waals surface area (Å²) in [6.07, 6.45) is 1.97. The molecule has 1 heterocycles. The summed E-state index contributed by atoms with van der Waals surface area (Å²) < 4.78 is 0. The Bertz CT molecular complexity index is 582. The van der Waals surface area contributed by atoms with E-state index in [0.29, 0.717) is 11.5 Å². The van der Waals surface area contributed by atoms with Crippen molar-refractivity contribution >= 4 is 11.8 Å². The lowest BCUT2D eigenvalue weighted by molar-refractivity contribution is 0.0696. The van der Waals surface area contributed by atoms with Gasteiger partial charge in [0.05, 0.1) is 5.56 Å². The highest BCUT2D eigenvalue weighted by molar-refractivity contribution is 5.88. The van der Waals surface area contributed by atoms with E-state index >= 15 is 0 Å².